The first-order valence-electron chi connectivity index (χ1n) is 5.85. The van der Waals surface area contributed by atoms with Crippen molar-refractivity contribution in [2.24, 2.45) is 0 Å². The van der Waals surface area contributed by atoms with E-state index in [2.05, 4.69) is 15.9 Å². The molecule has 0 saturated carbocycles. The molecule has 0 spiro atoms. The van der Waals surface area contributed by atoms with E-state index >= 15 is 0 Å². The number of rotatable bonds is 6. The van der Waals surface area contributed by atoms with Crippen LogP contribution in [-0.4, -0.2) is 33.7 Å². The summed E-state index contributed by atoms with van der Waals surface area (Å²) in [5.74, 6) is -1.79. The molecule has 0 unspecified atom stereocenters. The summed E-state index contributed by atoms with van der Waals surface area (Å²) < 4.78 is 45.9. The van der Waals surface area contributed by atoms with E-state index in [0.717, 1.165) is 12.1 Å². The van der Waals surface area contributed by atoms with Gasteiger partial charge in [-0.1, -0.05) is 0 Å². The van der Waals surface area contributed by atoms with Crippen LogP contribution in [0.5, 0.6) is 0 Å². The molecule has 9 heteroatoms. The number of carbonyl (C=O) groups excluding carboxylic acids is 1. The lowest BCUT2D eigenvalue weighted by molar-refractivity contribution is 0.0176. The molecule has 1 aromatic rings. The highest BCUT2D eigenvalue weighted by molar-refractivity contribution is 9.10. The summed E-state index contributed by atoms with van der Waals surface area (Å²) in [4.78, 5) is 11.2. The Morgan fingerprint density at radius 2 is 2.00 bits per heavy atom. The van der Waals surface area contributed by atoms with Crippen molar-refractivity contribution in [3.63, 3.8) is 0 Å². The van der Waals surface area contributed by atoms with Crippen LogP contribution >= 0.6 is 26.6 Å². The van der Waals surface area contributed by atoms with Crippen LogP contribution in [0.25, 0.3) is 0 Å². The third kappa shape index (κ3) is 5.54. The van der Waals surface area contributed by atoms with Crippen molar-refractivity contribution >= 4 is 41.6 Å². The van der Waals surface area contributed by atoms with Crippen molar-refractivity contribution in [3.05, 3.63) is 28.0 Å². The number of esters is 1. The molecule has 0 radical (unpaired) electrons. The molecule has 1 aromatic carbocycles. The smallest absolute Gasteiger partial charge is 0.338 e. The normalized spacial score (nSPS) is 11.7. The Labute approximate surface area is 134 Å². The molecule has 0 bridgehead atoms. The van der Waals surface area contributed by atoms with Gasteiger partial charge < -0.3 is 9.47 Å². The second kappa shape index (κ2) is 7.53. The number of halogens is 3. The minimum absolute atomic E-state index is 0.0122. The Morgan fingerprint density at radius 3 is 2.52 bits per heavy atom. The van der Waals surface area contributed by atoms with Gasteiger partial charge in [-0.05, 0) is 41.9 Å². The summed E-state index contributed by atoms with van der Waals surface area (Å²) in [7, 11) is 0.982. The van der Waals surface area contributed by atoms with Gasteiger partial charge in [0.25, 0.3) is 9.05 Å². The Balaban J connectivity index is 2.89. The third-order valence-corrected chi connectivity index (χ3v) is 4.68. The molecule has 0 saturated heterocycles. The highest BCUT2D eigenvalue weighted by atomic mass is 79.9. The van der Waals surface area contributed by atoms with Crippen molar-refractivity contribution in [3.8, 4) is 0 Å². The average molecular weight is 404 g/mol. The third-order valence-electron chi connectivity index (χ3n) is 2.26. The van der Waals surface area contributed by atoms with Crippen molar-refractivity contribution in [1.82, 2.24) is 0 Å². The maximum absolute atomic E-state index is 13.6. The van der Waals surface area contributed by atoms with E-state index in [-0.39, 0.29) is 29.4 Å². The minimum atomic E-state index is -4.20. The zero-order valence-electron chi connectivity index (χ0n) is 11.2. The van der Waals surface area contributed by atoms with Crippen molar-refractivity contribution in [2.45, 2.75) is 24.8 Å². The lowest BCUT2D eigenvalue weighted by Gasteiger charge is -2.09. The zero-order valence-corrected chi connectivity index (χ0v) is 14.4. The first kappa shape index (κ1) is 18.3. The van der Waals surface area contributed by atoms with E-state index in [0.29, 0.717) is 0 Å². The van der Waals surface area contributed by atoms with Crippen LogP contribution in [0.15, 0.2) is 21.5 Å². The second-order valence-corrected chi connectivity index (χ2v) is 7.59. The number of carbonyl (C=O) groups is 1. The first-order chi connectivity index (χ1) is 9.62. The topological polar surface area (TPSA) is 69.7 Å². The number of hydrogen-bond donors (Lipinski definition) is 0. The molecule has 0 aliphatic carbocycles. The minimum Gasteiger partial charge on any atom is -0.460 e. The molecule has 21 heavy (non-hydrogen) atoms. The van der Waals surface area contributed by atoms with Crippen molar-refractivity contribution < 1.29 is 27.1 Å². The summed E-state index contributed by atoms with van der Waals surface area (Å²) in [6, 6.07) is 1.81. The van der Waals surface area contributed by atoms with Gasteiger partial charge in [-0.3, -0.25) is 0 Å². The average Bonchev–Trinajstić information content (AvgIpc) is 2.35. The quantitative estimate of drug-likeness (QED) is 0.415. The summed E-state index contributed by atoms with van der Waals surface area (Å²) in [5, 5.41) is 0. The Kier molecular flexibility index (Phi) is 6.58. The molecule has 0 atom stereocenters. The van der Waals surface area contributed by atoms with Crippen LogP contribution < -0.4 is 0 Å². The van der Waals surface area contributed by atoms with Crippen molar-refractivity contribution in [1.29, 1.82) is 0 Å². The summed E-state index contributed by atoms with van der Waals surface area (Å²) in [6.45, 7) is 3.80. The van der Waals surface area contributed by atoms with E-state index < -0.39 is 25.7 Å². The number of benzene rings is 1. The summed E-state index contributed by atoms with van der Waals surface area (Å²) in [5.41, 5.74) is -0.250. The van der Waals surface area contributed by atoms with Gasteiger partial charge in [0.1, 0.15) is 17.3 Å². The molecule has 0 aliphatic rings. The molecule has 5 nitrogen and oxygen atoms in total. The SMILES string of the molecule is CC(C)OCCOC(=O)c1cc(F)c(Br)c(S(=O)(=O)Cl)c1. The maximum Gasteiger partial charge on any atom is 0.338 e. The molecular weight excluding hydrogens is 391 g/mol. The Bertz CT molecular complexity index is 633. The van der Waals surface area contributed by atoms with E-state index in [1.165, 1.54) is 0 Å². The van der Waals surface area contributed by atoms with Gasteiger partial charge in [-0.15, -0.1) is 0 Å². The van der Waals surface area contributed by atoms with Crippen LogP contribution in [0.2, 0.25) is 0 Å². The van der Waals surface area contributed by atoms with Gasteiger partial charge in [-0.25, -0.2) is 17.6 Å². The highest BCUT2D eigenvalue weighted by Gasteiger charge is 2.21. The van der Waals surface area contributed by atoms with E-state index in [9.17, 15) is 17.6 Å². The van der Waals surface area contributed by atoms with Crippen LogP contribution in [0, 0.1) is 5.82 Å². The predicted octanol–water partition coefficient (Wildman–Crippen LogP) is 3.10. The maximum atomic E-state index is 13.6. The molecule has 0 N–H and O–H groups in total. The van der Waals surface area contributed by atoms with Crippen LogP contribution in [0.3, 0.4) is 0 Å². The molecule has 1 rings (SSSR count). The fourth-order valence-electron chi connectivity index (χ4n) is 1.36. The van der Waals surface area contributed by atoms with Gasteiger partial charge in [0, 0.05) is 10.7 Å². The second-order valence-electron chi connectivity index (χ2n) is 4.26. The molecule has 0 aliphatic heterocycles. The Morgan fingerprint density at radius 1 is 1.38 bits per heavy atom. The number of hydrogen-bond acceptors (Lipinski definition) is 5. The van der Waals surface area contributed by atoms with Gasteiger partial charge in [0.05, 0.1) is 22.7 Å². The van der Waals surface area contributed by atoms with E-state index in [1.807, 2.05) is 13.8 Å². The molecule has 118 valence electrons. The van der Waals surface area contributed by atoms with Gasteiger partial charge >= 0.3 is 5.97 Å². The largest absolute Gasteiger partial charge is 0.460 e. The molecule has 0 aromatic heterocycles. The first-order valence-corrected chi connectivity index (χ1v) is 8.95. The fraction of sp³-hybridized carbons (Fsp3) is 0.417. The van der Waals surface area contributed by atoms with E-state index in [1.54, 1.807) is 0 Å². The highest BCUT2D eigenvalue weighted by Crippen LogP contribution is 2.29. The lowest BCUT2D eigenvalue weighted by atomic mass is 10.2. The van der Waals surface area contributed by atoms with Gasteiger partial charge in [-0.2, -0.15) is 0 Å². The van der Waals surface area contributed by atoms with Crippen LogP contribution in [0.4, 0.5) is 4.39 Å². The summed E-state index contributed by atoms with van der Waals surface area (Å²) in [6.07, 6.45) is -0.0122. The van der Waals surface area contributed by atoms with Gasteiger partial charge in [0.2, 0.25) is 0 Å². The van der Waals surface area contributed by atoms with Crippen LogP contribution in [-0.2, 0) is 18.5 Å². The number of ether oxygens (including phenoxy) is 2. The zero-order chi connectivity index (χ0) is 16.2. The lowest BCUT2D eigenvalue weighted by Crippen LogP contribution is -2.14. The van der Waals surface area contributed by atoms with Crippen LogP contribution in [0.1, 0.15) is 24.2 Å². The van der Waals surface area contributed by atoms with Crippen molar-refractivity contribution in [2.75, 3.05) is 13.2 Å². The molecular formula is C12H13BrClFO5S. The standard InChI is InChI=1S/C12H13BrClFO5S/c1-7(2)19-3-4-20-12(16)8-5-9(15)11(13)10(6-8)21(14,17)18/h5-7H,3-4H2,1-2H3. The Hall–Kier alpha value is -0.700. The predicted molar refractivity (Wildman–Crippen MR) is 78.5 cm³/mol. The molecule has 0 fully saturated rings. The fourth-order valence-corrected chi connectivity index (χ4v) is 3.45. The van der Waals surface area contributed by atoms with E-state index in [4.69, 9.17) is 20.2 Å². The van der Waals surface area contributed by atoms with Gasteiger partial charge in [0.15, 0.2) is 0 Å². The monoisotopic (exact) mass is 402 g/mol. The summed E-state index contributed by atoms with van der Waals surface area (Å²) >= 11 is 2.77. The molecule has 0 amide bonds. The molecule has 0 heterocycles.